The summed E-state index contributed by atoms with van der Waals surface area (Å²) >= 11 is 5.23. The fourth-order valence-electron chi connectivity index (χ4n) is 5.26. The molecule has 36 heavy (non-hydrogen) atoms. The number of rotatable bonds is 7. The minimum atomic E-state index is 0.756. The van der Waals surface area contributed by atoms with E-state index in [4.69, 9.17) is 0 Å². The van der Waals surface area contributed by atoms with Gasteiger partial charge in [0.2, 0.25) is 0 Å². The van der Waals surface area contributed by atoms with Crippen LogP contribution in [0.15, 0.2) is 34.6 Å². The van der Waals surface area contributed by atoms with E-state index < -0.39 is 0 Å². The van der Waals surface area contributed by atoms with Crippen molar-refractivity contribution in [3.8, 4) is 10.6 Å². The lowest BCUT2D eigenvalue weighted by molar-refractivity contribution is 0.352. The molecule has 0 amide bonds. The van der Waals surface area contributed by atoms with E-state index in [-0.39, 0.29) is 0 Å². The van der Waals surface area contributed by atoms with Crippen LogP contribution in [0.25, 0.3) is 21.6 Å². The third-order valence-electron chi connectivity index (χ3n) is 7.22. The second-order valence-electron chi connectivity index (χ2n) is 9.39. The number of H-pyrrole nitrogens is 1. The molecular weight excluding hydrogens is 538 g/mol. The number of nitrogens with zero attached hydrogens (tertiary/aromatic N) is 7. The summed E-state index contributed by atoms with van der Waals surface area (Å²) in [5, 5.41) is 15.0. The molecule has 0 unspecified atom stereocenters. The summed E-state index contributed by atoms with van der Waals surface area (Å²) in [6.07, 6.45) is 6.14. The first-order valence-electron chi connectivity index (χ1n) is 12.5. The van der Waals surface area contributed by atoms with E-state index in [1.54, 1.807) is 17.7 Å². The molecule has 2 aliphatic rings. The molecule has 0 bridgehead atoms. The molecule has 0 atom stereocenters. The Balaban J connectivity index is 1.23. The largest absolute Gasteiger partial charge is 0.383 e. The molecule has 2 fully saturated rings. The molecule has 2 saturated heterocycles. The molecule has 2 N–H and O–H groups in total. The topological polar surface area (TPSA) is 89.1 Å². The van der Waals surface area contributed by atoms with Gasteiger partial charge in [-0.2, -0.15) is 5.10 Å². The number of aromatic amines is 1. The van der Waals surface area contributed by atoms with Crippen LogP contribution in [0.3, 0.4) is 0 Å². The summed E-state index contributed by atoms with van der Waals surface area (Å²) in [7, 11) is 0. The Hall–Kier alpha value is -2.76. The average Bonchev–Trinajstić information content (AvgIpc) is 3.68. The van der Waals surface area contributed by atoms with Gasteiger partial charge in [-0.15, -0.1) is 11.3 Å². The third kappa shape index (κ3) is 4.67. The zero-order valence-corrected chi connectivity index (χ0v) is 22.8. The number of halogens is 1. The molecule has 0 radical (unpaired) electrons. The van der Waals surface area contributed by atoms with Crippen molar-refractivity contribution >= 4 is 55.5 Å². The highest BCUT2D eigenvalue weighted by molar-refractivity contribution is 9.10. The van der Waals surface area contributed by atoms with Crippen LogP contribution in [-0.4, -0.2) is 82.4 Å². The van der Waals surface area contributed by atoms with Gasteiger partial charge in [-0.1, -0.05) is 0 Å². The van der Waals surface area contributed by atoms with E-state index in [0.29, 0.717) is 0 Å². The van der Waals surface area contributed by atoms with Crippen molar-refractivity contribution < 1.29 is 0 Å². The minimum absolute atomic E-state index is 0.756. The average molecular weight is 569 g/mol. The highest BCUT2D eigenvalue weighted by atomic mass is 79.9. The molecule has 5 heterocycles. The Morgan fingerprint density at radius 1 is 1.03 bits per heavy atom. The highest BCUT2D eigenvalue weighted by Gasteiger charge is 2.24. The second kappa shape index (κ2) is 10.3. The molecule has 2 aliphatic heterocycles. The molecule has 0 spiro atoms. The summed E-state index contributed by atoms with van der Waals surface area (Å²) in [5.41, 5.74) is 5.72. The van der Waals surface area contributed by atoms with Crippen molar-refractivity contribution in [2.45, 2.75) is 19.8 Å². The molecule has 188 valence electrons. The van der Waals surface area contributed by atoms with Crippen LogP contribution in [0.1, 0.15) is 18.4 Å². The number of anilines is 3. The summed E-state index contributed by atoms with van der Waals surface area (Å²) in [5.74, 6) is 0.929. The number of thiazole rings is 1. The quantitative estimate of drug-likeness (QED) is 0.340. The highest BCUT2D eigenvalue weighted by Crippen LogP contribution is 2.36. The predicted molar refractivity (Wildman–Crippen MR) is 150 cm³/mol. The zero-order valence-electron chi connectivity index (χ0n) is 20.4. The Morgan fingerprint density at radius 2 is 1.83 bits per heavy atom. The smallest absolute Gasteiger partial charge is 0.161 e. The van der Waals surface area contributed by atoms with Gasteiger partial charge in [-0.25, -0.2) is 15.0 Å². The van der Waals surface area contributed by atoms with Crippen LogP contribution < -0.4 is 15.1 Å². The van der Waals surface area contributed by atoms with Gasteiger partial charge in [0.05, 0.1) is 5.39 Å². The lowest BCUT2D eigenvalue weighted by Gasteiger charge is -2.38. The molecule has 1 aromatic carbocycles. The van der Waals surface area contributed by atoms with Gasteiger partial charge in [0, 0.05) is 67.8 Å². The van der Waals surface area contributed by atoms with Gasteiger partial charge >= 0.3 is 0 Å². The van der Waals surface area contributed by atoms with Gasteiger partial charge in [0.15, 0.2) is 5.65 Å². The van der Waals surface area contributed by atoms with Crippen molar-refractivity contribution in [1.82, 2.24) is 30.0 Å². The standard InChI is InChI=1S/C25H30BrN9S/c1-17-19(27-4-8-33-6-2-3-7-33)14-18(25-28-5-13-36-25)15-20(17)34-9-11-35(12-10-34)24-21-22(26)31-32-23(21)29-16-30-24/h5,13-16,27H,2-4,6-12H2,1H3,(H,29,30,31,32). The van der Waals surface area contributed by atoms with Crippen molar-refractivity contribution in [3.05, 3.63) is 40.2 Å². The number of benzene rings is 1. The number of piperazine rings is 1. The molecule has 6 rings (SSSR count). The number of aromatic nitrogens is 5. The van der Waals surface area contributed by atoms with E-state index in [1.807, 2.05) is 11.6 Å². The van der Waals surface area contributed by atoms with Gasteiger partial charge < -0.3 is 20.0 Å². The van der Waals surface area contributed by atoms with Crippen LogP contribution in [0.4, 0.5) is 17.2 Å². The van der Waals surface area contributed by atoms with Crippen LogP contribution in [0.5, 0.6) is 0 Å². The Bertz CT molecular complexity index is 1330. The summed E-state index contributed by atoms with van der Waals surface area (Å²) in [6, 6.07) is 4.58. The number of nitrogens with one attached hydrogen (secondary N) is 2. The first-order valence-corrected chi connectivity index (χ1v) is 14.2. The number of fused-ring (bicyclic) bond motifs is 1. The maximum atomic E-state index is 4.60. The fraction of sp³-hybridized carbons (Fsp3) is 0.440. The van der Waals surface area contributed by atoms with Gasteiger partial charge in [-0.05, 0) is 66.5 Å². The minimum Gasteiger partial charge on any atom is -0.383 e. The molecule has 4 aromatic rings. The molecule has 3 aromatic heterocycles. The predicted octanol–water partition coefficient (Wildman–Crippen LogP) is 4.38. The van der Waals surface area contributed by atoms with E-state index in [1.165, 1.54) is 48.4 Å². The van der Waals surface area contributed by atoms with Gasteiger partial charge in [0.25, 0.3) is 0 Å². The van der Waals surface area contributed by atoms with Crippen molar-refractivity contribution in [1.29, 1.82) is 0 Å². The molecule has 0 saturated carbocycles. The van der Waals surface area contributed by atoms with Gasteiger partial charge in [-0.3, -0.25) is 5.10 Å². The summed E-state index contributed by atoms with van der Waals surface area (Å²) in [4.78, 5) is 20.9. The summed E-state index contributed by atoms with van der Waals surface area (Å²) in [6.45, 7) is 10.3. The van der Waals surface area contributed by atoms with Crippen LogP contribution in [-0.2, 0) is 0 Å². The maximum absolute atomic E-state index is 4.60. The summed E-state index contributed by atoms with van der Waals surface area (Å²) < 4.78 is 0.757. The number of likely N-dealkylation sites (tertiary alicyclic amines) is 1. The van der Waals surface area contributed by atoms with Gasteiger partial charge in [0.1, 0.15) is 21.8 Å². The molecule has 9 nitrogen and oxygen atoms in total. The Kier molecular flexibility index (Phi) is 6.77. The number of hydrogen-bond acceptors (Lipinski definition) is 9. The molecule has 0 aliphatic carbocycles. The zero-order chi connectivity index (χ0) is 24.5. The molecule has 11 heteroatoms. The Labute approximate surface area is 223 Å². The lowest BCUT2D eigenvalue weighted by Crippen LogP contribution is -2.47. The first-order chi connectivity index (χ1) is 17.7. The van der Waals surface area contributed by atoms with Crippen molar-refractivity contribution in [2.24, 2.45) is 0 Å². The van der Waals surface area contributed by atoms with Crippen LogP contribution in [0, 0.1) is 6.92 Å². The number of hydrogen-bond donors (Lipinski definition) is 2. The van der Waals surface area contributed by atoms with Crippen molar-refractivity contribution in [2.75, 3.05) is 67.5 Å². The lowest BCUT2D eigenvalue weighted by atomic mass is 10.1. The SMILES string of the molecule is Cc1c(NCCN2CCCC2)cc(-c2nccs2)cc1N1CCN(c2ncnc3[nH]nc(Br)c23)CC1. The fourth-order valence-corrected chi connectivity index (χ4v) is 6.34. The van der Waals surface area contributed by atoms with Crippen LogP contribution >= 0.6 is 27.3 Å². The van der Waals surface area contributed by atoms with E-state index in [2.05, 4.69) is 80.2 Å². The van der Waals surface area contributed by atoms with Crippen molar-refractivity contribution in [3.63, 3.8) is 0 Å². The Morgan fingerprint density at radius 3 is 2.61 bits per heavy atom. The first kappa shape index (κ1) is 23.6. The normalized spacial score (nSPS) is 16.8. The van der Waals surface area contributed by atoms with E-state index in [0.717, 1.165) is 65.7 Å². The molecular formula is C25H30BrN9S. The van der Waals surface area contributed by atoms with Crippen LogP contribution in [0.2, 0.25) is 0 Å². The van der Waals surface area contributed by atoms with E-state index in [9.17, 15) is 0 Å². The third-order valence-corrected chi connectivity index (χ3v) is 8.61. The maximum Gasteiger partial charge on any atom is 0.161 e. The monoisotopic (exact) mass is 567 g/mol. The van der Waals surface area contributed by atoms with E-state index >= 15 is 0 Å². The second-order valence-corrected chi connectivity index (χ2v) is 11.0.